The highest BCUT2D eigenvalue weighted by Crippen LogP contribution is 2.16. The Bertz CT molecular complexity index is 260. The summed E-state index contributed by atoms with van der Waals surface area (Å²) >= 11 is 0. The van der Waals surface area contributed by atoms with E-state index >= 15 is 0 Å². The quantitative estimate of drug-likeness (QED) is 0.709. The minimum absolute atomic E-state index is 0.0536. The lowest BCUT2D eigenvalue weighted by atomic mass is 10.0. The zero-order valence-corrected chi connectivity index (χ0v) is 8.12. The smallest absolute Gasteiger partial charge is 0.123 e. The Morgan fingerprint density at radius 2 is 1.86 bits per heavy atom. The number of benzene rings is 1. The summed E-state index contributed by atoms with van der Waals surface area (Å²) in [4.78, 5) is 0. The van der Waals surface area contributed by atoms with Gasteiger partial charge in [-0.2, -0.15) is 0 Å². The monoisotopic (exact) mass is 197 g/mol. The fourth-order valence-electron chi connectivity index (χ4n) is 1.35. The first-order valence-electron chi connectivity index (χ1n) is 4.86. The standard InChI is InChI=1S/C11H16FNO/c12-10-6-4-9(5-7-10)11(13)3-1-2-8-14/h4-7,11,14H,1-3,8,13H2. The van der Waals surface area contributed by atoms with Gasteiger partial charge in [-0.1, -0.05) is 12.1 Å². The fourth-order valence-corrected chi connectivity index (χ4v) is 1.35. The van der Waals surface area contributed by atoms with E-state index in [1.54, 1.807) is 12.1 Å². The lowest BCUT2D eigenvalue weighted by molar-refractivity contribution is 0.281. The SMILES string of the molecule is NC(CCCCO)c1ccc(F)cc1. The second-order valence-corrected chi connectivity index (χ2v) is 3.38. The van der Waals surface area contributed by atoms with Crippen LogP contribution in [0.2, 0.25) is 0 Å². The molecular weight excluding hydrogens is 181 g/mol. The predicted octanol–water partition coefficient (Wildman–Crippen LogP) is 1.99. The van der Waals surface area contributed by atoms with Gasteiger partial charge in [-0.3, -0.25) is 0 Å². The molecule has 3 heteroatoms. The number of nitrogens with two attached hydrogens (primary N) is 1. The van der Waals surface area contributed by atoms with Crippen LogP contribution in [0.25, 0.3) is 0 Å². The summed E-state index contributed by atoms with van der Waals surface area (Å²) in [5, 5.41) is 8.60. The van der Waals surface area contributed by atoms with Crippen LogP contribution in [-0.2, 0) is 0 Å². The van der Waals surface area contributed by atoms with E-state index in [0.717, 1.165) is 24.8 Å². The van der Waals surface area contributed by atoms with Crippen LogP contribution in [0, 0.1) is 5.82 Å². The van der Waals surface area contributed by atoms with Crippen LogP contribution in [0.3, 0.4) is 0 Å². The van der Waals surface area contributed by atoms with Crippen molar-refractivity contribution in [3.05, 3.63) is 35.6 Å². The van der Waals surface area contributed by atoms with Crippen molar-refractivity contribution in [2.45, 2.75) is 25.3 Å². The van der Waals surface area contributed by atoms with Gasteiger partial charge in [0.05, 0.1) is 0 Å². The van der Waals surface area contributed by atoms with Gasteiger partial charge in [-0.15, -0.1) is 0 Å². The van der Waals surface area contributed by atoms with Crippen LogP contribution in [0.4, 0.5) is 4.39 Å². The first kappa shape index (κ1) is 11.1. The largest absolute Gasteiger partial charge is 0.396 e. The summed E-state index contributed by atoms with van der Waals surface area (Å²) in [6.07, 6.45) is 2.50. The van der Waals surface area contributed by atoms with Gasteiger partial charge in [0.25, 0.3) is 0 Å². The topological polar surface area (TPSA) is 46.2 Å². The molecule has 1 aromatic rings. The molecular formula is C11H16FNO. The van der Waals surface area contributed by atoms with Gasteiger partial charge in [0.1, 0.15) is 5.82 Å². The molecule has 0 bridgehead atoms. The number of halogens is 1. The zero-order chi connectivity index (χ0) is 10.4. The number of hydrogen-bond acceptors (Lipinski definition) is 2. The van der Waals surface area contributed by atoms with Crippen molar-refractivity contribution in [2.75, 3.05) is 6.61 Å². The van der Waals surface area contributed by atoms with E-state index in [1.165, 1.54) is 12.1 Å². The highest BCUT2D eigenvalue weighted by atomic mass is 19.1. The maximum absolute atomic E-state index is 12.6. The lowest BCUT2D eigenvalue weighted by Crippen LogP contribution is -2.10. The molecule has 0 spiro atoms. The Labute approximate surface area is 83.6 Å². The molecule has 0 heterocycles. The van der Waals surface area contributed by atoms with E-state index in [0.29, 0.717) is 0 Å². The second-order valence-electron chi connectivity index (χ2n) is 3.38. The van der Waals surface area contributed by atoms with E-state index in [9.17, 15) is 4.39 Å². The van der Waals surface area contributed by atoms with E-state index < -0.39 is 0 Å². The minimum Gasteiger partial charge on any atom is -0.396 e. The molecule has 3 N–H and O–H groups in total. The molecule has 1 aromatic carbocycles. The minimum atomic E-state index is -0.240. The molecule has 0 aromatic heterocycles. The van der Waals surface area contributed by atoms with Gasteiger partial charge in [0, 0.05) is 12.6 Å². The number of unbranched alkanes of at least 4 members (excludes halogenated alkanes) is 1. The summed E-state index contributed by atoms with van der Waals surface area (Å²) in [7, 11) is 0. The Morgan fingerprint density at radius 3 is 2.43 bits per heavy atom. The first-order chi connectivity index (χ1) is 6.74. The molecule has 14 heavy (non-hydrogen) atoms. The van der Waals surface area contributed by atoms with Gasteiger partial charge in [0.15, 0.2) is 0 Å². The van der Waals surface area contributed by atoms with Crippen LogP contribution >= 0.6 is 0 Å². The Kier molecular flexibility index (Phi) is 4.56. The van der Waals surface area contributed by atoms with E-state index in [2.05, 4.69) is 0 Å². The summed E-state index contributed by atoms with van der Waals surface area (Å²) in [6.45, 7) is 0.205. The number of hydrogen-bond donors (Lipinski definition) is 2. The van der Waals surface area contributed by atoms with Gasteiger partial charge >= 0.3 is 0 Å². The lowest BCUT2D eigenvalue weighted by Gasteiger charge is -2.11. The van der Waals surface area contributed by atoms with Crippen molar-refractivity contribution in [3.63, 3.8) is 0 Å². The van der Waals surface area contributed by atoms with Crippen molar-refractivity contribution in [2.24, 2.45) is 5.73 Å². The molecule has 78 valence electrons. The van der Waals surface area contributed by atoms with Crippen LogP contribution in [0.1, 0.15) is 30.9 Å². The molecule has 1 unspecified atom stereocenters. The molecule has 1 atom stereocenters. The van der Waals surface area contributed by atoms with Crippen molar-refractivity contribution >= 4 is 0 Å². The van der Waals surface area contributed by atoms with E-state index in [4.69, 9.17) is 10.8 Å². The molecule has 2 nitrogen and oxygen atoms in total. The van der Waals surface area contributed by atoms with Gasteiger partial charge in [0.2, 0.25) is 0 Å². The van der Waals surface area contributed by atoms with Crippen LogP contribution in [0.15, 0.2) is 24.3 Å². The second kappa shape index (κ2) is 5.73. The summed E-state index contributed by atoms with van der Waals surface area (Å²) in [5.41, 5.74) is 6.83. The van der Waals surface area contributed by atoms with Crippen molar-refractivity contribution < 1.29 is 9.50 Å². The number of rotatable bonds is 5. The molecule has 0 fully saturated rings. The Balaban J connectivity index is 2.43. The summed E-state index contributed by atoms with van der Waals surface area (Å²) < 4.78 is 12.6. The maximum Gasteiger partial charge on any atom is 0.123 e. The molecule has 0 radical (unpaired) electrons. The third kappa shape index (κ3) is 3.44. The van der Waals surface area contributed by atoms with Gasteiger partial charge in [-0.25, -0.2) is 4.39 Å². The molecule has 0 aliphatic carbocycles. The highest BCUT2D eigenvalue weighted by Gasteiger charge is 2.04. The molecule has 0 aliphatic rings. The van der Waals surface area contributed by atoms with Gasteiger partial charge < -0.3 is 10.8 Å². The number of aliphatic hydroxyl groups is 1. The zero-order valence-electron chi connectivity index (χ0n) is 8.12. The van der Waals surface area contributed by atoms with E-state index in [1.807, 2.05) is 0 Å². The Morgan fingerprint density at radius 1 is 1.21 bits per heavy atom. The van der Waals surface area contributed by atoms with Crippen LogP contribution in [-0.4, -0.2) is 11.7 Å². The molecule has 0 amide bonds. The van der Waals surface area contributed by atoms with Crippen molar-refractivity contribution in [1.82, 2.24) is 0 Å². The Hall–Kier alpha value is -0.930. The number of aliphatic hydroxyl groups excluding tert-OH is 1. The van der Waals surface area contributed by atoms with E-state index in [-0.39, 0.29) is 18.5 Å². The average molecular weight is 197 g/mol. The van der Waals surface area contributed by atoms with Crippen LogP contribution in [0.5, 0.6) is 0 Å². The normalized spacial score (nSPS) is 12.8. The summed E-state index contributed by atoms with van der Waals surface area (Å²) in [6, 6.07) is 6.20. The first-order valence-corrected chi connectivity index (χ1v) is 4.86. The average Bonchev–Trinajstić information content (AvgIpc) is 2.19. The molecule has 0 aliphatic heterocycles. The van der Waals surface area contributed by atoms with Gasteiger partial charge in [-0.05, 0) is 37.0 Å². The third-order valence-electron chi connectivity index (χ3n) is 2.22. The maximum atomic E-state index is 12.6. The fraction of sp³-hybridized carbons (Fsp3) is 0.455. The predicted molar refractivity (Wildman–Crippen MR) is 54.3 cm³/mol. The highest BCUT2D eigenvalue weighted by molar-refractivity contribution is 5.19. The third-order valence-corrected chi connectivity index (χ3v) is 2.22. The molecule has 0 saturated carbocycles. The van der Waals surface area contributed by atoms with Crippen LogP contribution < -0.4 is 5.73 Å². The summed E-state index contributed by atoms with van der Waals surface area (Å²) in [5.74, 6) is -0.240. The molecule has 1 rings (SSSR count). The van der Waals surface area contributed by atoms with Crippen molar-refractivity contribution in [3.8, 4) is 0 Å². The van der Waals surface area contributed by atoms with Crippen molar-refractivity contribution in [1.29, 1.82) is 0 Å². The molecule has 0 saturated heterocycles.